The van der Waals surface area contributed by atoms with Crippen LogP contribution in [0.2, 0.25) is 4.34 Å². The zero-order valence-electron chi connectivity index (χ0n) is 8.29. The van der Waals surface area contributed by atoms with E-state index in [2.05, 4.69) is 18.5 Å². The van der Waals surface area contributed by atoms with E-state index in [1.807, 2.05) is 6.07 Å². The molecule has 1 fully saturated rings. The number of hydroxylamine groups is 1. The van der Waals surface area contributed by atoms with Crippen molar-refractivity contribution in [2.24, 2.45) is 5.92 Å². The molecule has 2 nitrogen and oxygen atoms in total. The van der Waals surface area contributed by atoms with Crippen molar-refractivity contribution >= 4 is 22.9 Å². The van der Waals surface area contributed by atoms with Crippen molar-refractivity contribution in [3.8, 4) is 0 Å². The third-order valence-corrected chi connectivity index (χ3v) is 4.11. The molecule has 0 aliphatic heterocycles. The highest BCUT2D eigenvalue weighted by Gasteiger charge is 2.42. The van der Waals surface area contributed by atoms with Crippen LogP contribution in [-0.2, 0) is 4.84 Å². The third-order valence-electron chi connectivity index (χ3n) is 2.75. The van der Waals surface area contributed by atoms with Crippen LogP contribution in [0, 0.1) is 5.92 Å². The summed E-state index contributed by atoms with van der Waals surface area (Å²) in [5.41, 5.74) is 2.99. The summed E-state index contributed by atoms with van der Waals surface area (Å²) in [6.45, 7) is 2.16. The number of rotatable bonds is 4. The lowest BCUT2D eigenvalue weighted by molar-refractivity contribution is 0.0591. The predicted molar refractivity (Wildman–Crippen MR) is 59.8 cm³/mol. The zero-order chi connectivity index (χ0) is 10.1. The van der Waals surface area contributed by atoms with E-state index in [4.69, 9.17) is 16.4 Å². The lowest BCUT2D eigenvalue weighted by Gasteiger charge is -2.10. The summed E-state index contributed by atoms with van der Waals surface area (Å²) in [6, 6.07) is 4.54. The SMILES string of the molecule is CONC(C)[C@@H]1C[C@H]1c1ccc(Cl)s1. The topological polar surface area (TPSA) is 21.3 Å². The smallest absolute Gasteiger partial charge is 0.0931 e. The maximum atomic E-state index is 5.90. The van der Waals surface area contributed by atoms with Crippen molar-refractivity contribution in [1.29, 1.82) is 0 Å². The first-order chi connectivity index (χ1) is 6.72. The van der Waals surface area contributed by atoms with Crippen LogP contribution in [0.5, 0.6) is 0 Å². The van der Waals surface area contributed by atoms with E-state index in [1.165, 1.54) is 11.3 Å². The molecule has 0 radical (unpaired) electrons. The molecule has 14 heavy (non-hydrogen) atoms. The van der Waals surface area contributed by atoms with E-state index in [1.54, 1.807) is 18.4 Å². The van der Waals surface area contributed by atoms with E-state index in [0.717, 1.165) is 4.34 Å². The standard InChI is InChI=1S/C10H14ClNOS/c1-6(12-13-2)7-5-8(7)9-3-4-10(11)14-9/h3-4,6-8,12H,5H2,1-2H3/t6?,7-,8+/m0/s1. The van der Waals surface area contributed by atoms with E-state index >= 15 is 0 Å². The first-order valence-electron chi connectivity index (χ1n) is 4.76. The average molecular weight is 232 g/mol. The second-order valence-electron chi connectivity index (χ2n) is 3.76. The molecule has 1 aliphatic rings. The zero-order valence-corrected chi connectivity index (χ0v) is 9.86. The monoisotopic (exact) mass is 231 g/mol. The Hall–Kier alpha value is -0.0900. The highest BCUT2D eigenvalue weighted by atomic mass is 35.5. The summed E-state index contributed by atoms with van der Waals surface area (Å²) in [4.78, 5) is 6.33. The molecule has 1 aromatic heterocycles. The second-order valence-corrected chi connectivity index (χ2v) is 5.51. The molecule has 1 aromatic rings. The first kappa shape index (κ1) is 10.4. The van der Waals surface area contributed by atoms with Gasteiger partial charge in [0, 0.05) is 10.9 Å². The Morgan fingerprint density at radius 1 is 1.64 bits per heavy atom. The van der Waals surface area contributed by atoms with Crippen molar-refractivity contribution in [2.45, 2.75) is 25.3 Å². The molecule has 0 bridgehead atoms. The number of nitrogens with one attached hydrogen (secondary N) is 1. The average Bonchev–Trinajstić information content (AvgIpc) is 2.84. The van der Waals surface area contributed by atoms with Crippen LogP contribution in [0.3, 0.4) is 0 Å². The Kier molecular flexibility index (Phi) is 3.12. The van der Waals surface area contributed by atoms with Crippen LogP contribution >= 0.6 is 22.9 Å². The Balaban J connectivity index is 1.92. The molecular weight excluding hydrogens is 218 g/mol. The van der Waals surface area contributed by atoms with Crippen molar-refractivity contribution < 1.29 is 4.84 Å². The highest BCUT2D eigenvalue weighted by molar-refractivity contribution is 7.16. The summed E-state index contributed by atoms with van der Waals surface area (Å²) < 4.78 is 0.887. The van der Waals surface area contributed by atoms with Crippen molar-refractivity contribution in [3.05, 3.63) is 21.3 Å². The highest BCUT2D eigenvalue weighted by Crippen LogP contribution is 2.51. The molecular formula is C10H14ClNOS. The van der Waals surface area contributed by atoms with E-state index < -0.39 is 0 Å². The van der Waals surface area contributed by atoms with Gasteiger partial charge in [0.25, 0.3) is 0 Å². The van der Waals surface area contributed by atoms with Gasteiger partial charge in [-0.15, -0.1) is 11.3 Å². The quantitative estimate of drug-likeness (QED) is 0.805. The predicted octanol–water partition coefficient (Wildman–Crippen LogP) is 3.04. The molecule has 0 spiro atoms. The van der Waals surface area contributed by atoms with Gasteiger partial charge < -0.3 is 4.84 Å². The van der Waals surface area contributed by atoms with Gasteiger partial charge in [-0.05, 0) is 37.3 Å². The number of hydrogen-bond acceptors (Lipinski definition) is 3. The van der Waals surface area contributed by atoms with Gasteiger partial charge in [0.1, 0.15) is 0 Å². The van der Waals surface area contributed by atoms with E-state index in [0.29, 0.717) is 17.9 Å². The lowest BCUT2D eigenvalue weighted by atomic mass is 10.2. The molecule has 1 unspecified atom stereocenters. The molecule has 1 heterocycles. The number of halogens is 1. The van der Waals surface area contributed by atoms with Crippen LogP contribution in [0.4, 0.5) is 0 Å². The van der Waals surface area contributed by atoms with Crippen LogP contribution < -0.4 is 5.48 Å². The molecule has 1 N–H and O–H groups in total. The van der Waals surface area contributed by atoms with Gasteiger partial charge in [-0.1, -0.05) is 11.6 Å². The molecule has 78 valence electrons. The minimum absolute atomic E-state index is 0.422. The van der Waals surface area contributed by atoms with Gasteiger partial charge in [-0.25, -0.2) is 0 Å². The summed E-state index contributed by atoms with van der Waals surface area (Å²) in [5, 5.41) is 0. The molecule has 3 atom stereocenters. The lowest BCUT2D eigenvalue weighted by Crippen LogP contribution is -2.27. The number of hydrogen-bond donors (Lipinski definition) is 1. The fourth-order valence-corrected chi connectivity index (χ4v) is 3.15. The summed E-state index contributed by atoms with van der Waals surface area (Å²) in [6.07, 6.45) is 1.24. The van der Waals surface area contributed by atoms with Gasteiger partial charge in [-0.2, -0.15) is 5.48 Å². The van der Waals surface area contributed by atoms with Crippen molar-refractivity contribution in [1.82, 2.24) is 5.48 Å². The maximum absolute atomic E-state index is 5.90. The first-order valence-corrected chi connectivity index (χ1v) is 5.95. The molecule has 0 amide bonds. The Morgan fingerprint density at radius 3 is 3.00 bits per heavy atom. The van der Waals surface area contributed by atoms with E-state index in [9.17, 15) is 0 Å². The Labute approximate surface area is 93.2 Å². The minimum atomic E-state index is 0.422. The fourth-order valence-electron chi connectivity index (χ4n) is 1.90. The Bertz CT molecular complexity index is 315. The minimum Gasteiger partial charge on any atom is -0.305 e. The van der Waals surface area contributed by atoms with Crippen molar-refractivity contribution in [3.63, 3.8) is 0 Å². The summed E-state index contributed by atoms with van der Waals surface area (Å²) in [5.74, 6) is 1.38. The van der Waals surface area contributed by atoms with E-state index in [-0.39, 0.29) is 0 Å². The van der Waals surface area contributed by atoms with Crippen LogP contribution in [-0.4, -0.2) is 13.2 Å². The van der Waals surface area contributed by atoms with Crippen LogP contribution in [0.25, 0.3) is 0 Å². The third kappa shape index (κ3) is 2.11. The van der Waals surface area contributed by atoms with Gasteiger partial charge >= 0.3 is 0 Å². The molecule has 1 saturated carbocycles. The largest absolute Gasteiger partial charge is 0.305 e. The Morgan fingerprint density at radius 2 is 2.43 bits per heavy atom. The molecule has 0 aromatic carbocycles. The second kappa shape index (κ2) is 4.19. The molecule has 4 heteroatoms. The van der Waals surface area contributed by atoms with Gasteiger partial charge in [0.15, 0.2) is 0 Å². The van der Waals surface area contributed by atoms with Crippen LogP contribution in [0.15, 0.2) is 12.1 Å². The molecule has 1 aliphatic carbocycles. The summed E-state index contributed by atoms with van der Waals surface area (Å²) >= 11 is 7.59. The molecule has 2 rings (SSSR count). The van der Waals surface area contributed by atoms with Crippen LogP contribution in [0.1, 0.15) is 24.1 Å². The van der Waals surface area contributed by atoms with Gasteiger partial charge in [0.2, 0.25) is 0 Å². The molecule has 0 saturated heterocycles. The normalized spacial score (nSPS) is 27.6. The number of thiophene rings is 1. The fraction of sp³-hybridized carbons (Fsp3) is 0.600. The van der Waals surface area contributed by atoms with Gasteiger partial charge in [-0.3, -0.25) is 0 Å². The van der Waals surface area contributed by atoms with Gasteiger partial charge in [0.05, 0.1) is 11.4 Å². The van der Waals surface area contributed by atoms with Crippen molar-refractivity contribution in [2.75, 3.05) is 7.11 Å². The maximum Gasteiger partial charge on any atom is 0.0931 e. The summed E-state index contributed by atoms with van der Waals surface area (Å²) in [7, 11) is 1.66.